The molecule has 21 heavy (non-hydrogen) atoms. The summed E-state index contributed by atoms with van der Waals surface area (Å²) >= 11 is 5.79. The van der Waals surface area contributed by atoms with E-state index < -0.39 is 6.17 Å². The van der Waals surface area contributed by atoms with Gasteiger partial charge in [-0.15, -0.1) is 5.10 Å². The van der Waals surface area contributed by atoms with Gasteiger partial charge in [-0.25, -0.2) is 14.1 Å². The van der Waals surface area contributed by atoms with Crippen LogP contribution in [0.4, 0.5) is 4.39 Å². The first-order chi connectivity index (χ1) is 10.2. The fourth-order valence-electron chi connectivity index (χ4n) is 2.64. The van der Waals surface area contributed by atoms with Crippen molar-refractivity contribution in [3.63, 3.8) is 0 Å². The molecule has 5 nitrogen and oxygen atoms in total. The average Bonchev–Trinajstić information content (AvgIpc) is 3.17. The Balaban J connectivity index is 1.77. The molecule has 0 saturated carbocycles. The second-order valence-electron chi connectivity index (χ2n) is 4.95. The molecule has 0 N–H and O–H groups in total. The number of hydrogen-bond donors (Lipinski definition) is 0. The summed E-state index contributed by atoms with van der Waals surface area (Å²) in [6.45, 7) is 0. The fraction of sp³-hybridized carbons (Fsp3) is 0.214. The van der Waals surface area contributed by atoms with Crippen LogP contribution in [0.15, 0.2) is 42.9 Å². The lowest BCUT2D eigenvalue weighted by atomic mass is 10.0. The lowest BCUT2D eigenvalue weighted by Crippen LogP contribution is -2.08. The molecule has 2 atom stereocenters. The summed E-state index contributed by atoms with van der Waals surface area (Å²) in [5.41, 5.74) is 1.03. The molecule has 0 saturated heterocycles. The van der Waals surface area contributed by atoms with Gasteiger partial charge in [0, 0.05) is 6.42 Å². The Morgan fingerprint density at radius 3 is 2.76 bits per heavy atom. The second-order valence-corrected chi connectivity index (χ2v) is 5.34. The van der Waals surface area contributed by atoms with E-state index >= 15 is 0 Å². The maximum absolute atomic E-state index is 14.2. The quantitative estimate of drug-likeness (QED) is 0.731. The van der Waals surface area contributed by atoms with Gasteiger partial charge in [-0.1, -0.05) is 41.9 Å². The highest BCUT2D eigenvalue weighted by molar-refractivity contribution is 6.29. The summed E-state index contributed by atoms with van der Waals surface area (Å²) in [5, 5.41) is 4.76. The second kappa shape index (κ2) is 4.66. The summed E-state index contributed by atoms with van der Waals surface area (Å²) in [7, 11) is 0. The van der Waals surface area contributed by atoms with Gasteiger partial charge in [0.25, 0.3) is 5.95 Å². The molecule has 0 amide bonds. The monoisotopic (exact) mass is 303 g/mol. The van der Waals surface area contributed by atoms with Crippen LogP contribution in [0.2, 0.25) is 5.15 Å². The molecule has 0 spiro atoms. The van der Waals surface area contributed by atoms with Gasteiger partial charge < -0.3 is 0 Å². The Morgan fingerprint density at radius 2 is 2.05 bits per heavy atom. The van der Waals surface area contributed by atoms with E-state index in [2.05, 4.69) is 15.1 Å². The molecule has 0 bridgehead atoms. The van der Waals surface area contributed by atoms with Gasteiger partial charge in [-0.2, -0.15) is 4.98 Å². The van der Waals surface area contributed by atoms with Crippen molar-refractivity contribution in [3.05, 3.63) is 59.4 Å². The summed E-state index contributed by atoms with van der Waals surface area (Å²) < 4.78 is 17.5. The Morgan fingerprint density at radius 1 is 1.24 bits per heavy atom. The van der Waals surface area contributed by atoms with Crippen molar-refractivity contribution in [2.24, 2.45) is 0 Å². The molecule has 7 heteroatoms. The Kier molecular flexibility index (Phi) is 2.78. The molecule has 106 valence electrons. The van der Waals surface area contributed by atoms with E-state index in [1.54, 1.807) is 15.4 Å². The molecule has 4 rings (SSSR count). The van der Waals surface area contributed by atoms with Gasteiger partial charge in [0.15, 0.2) is 12.0 Å². The van der Waals surface area contributed by atoms with Crippen molar-refractivity contribution in [2.75, 3.05) is 0 Å². The van der Waals surface area contributed by atoms with Crippen LogP contribution in [0.5, 0.6) is 0 Å². The third kappa shape index (κ3) is 2.03. The molecule has 3 aromatic rings. The minimum Gasteiger partial charge on any atom is -0.272 e. The Hall–Kier alpha value is -2.21. The first kappa shape index (κ1) is 12.5. The standard InChI is InChI=1S/C14H11ClFN5/c15-12-7-20(8-17-12)14-18-13-10(16)6-11(21(13)19-14)9-4-2-1-3-5-9/h1-5,7-8,10-11H,6H2/t10?,11-/m0/s1. The normalized spacial score (nSPS) is 20.7. The number of alkyl halides is 1. The molecule has 0 fully saturated rings. The highest BCUT2D eigenvalue weighted by atomic mass is 35.5. The lowest BCUT2D eigenvalue weighted by Gasteiger charge is -2.11. The van der Waals surface area contributed by atoms with Gasteiger partial charge in [-0.3, -0.25) is 4.57 Å². The molecule has 1 aliphatic heterocycles. The topological polar surface area (TPSA) is 48.5 Å². The average molecular weight is 304 g/mol. The number of rotatable bonds is 2. The predicted octanol–water partition coefficient (Wildman–Crippen LogP) is 3.12. The number of nitrogens with zero attached hydrogens (tertiary/aromatic N) is 5. The number of hydrogen-bond acceptors (Lipinski definition) is 3. The number of imidazole rings is 1. The molecule has 0 aliphatic carbocycles. The van der Waals surface area contributed by atoms with Crippen LogP contribution < -0.4 is 0 Å². The molecule has 1 aromatic carbocycles. The van der Waals surface area contributed by atoms with Crippen molar-refractivity contribution < 1.29 is 4.39 Å². The molecule has 1 aliphatic rings. The number of benzene rings is 1. The zero-order chi connectivity index (χ0) is 14.4. The van der Waals surface area contributed by atoms with Crippen molar-refractivity contribution in [1.82, 2.24) is 24.3 Å². The Bertz CT molecular complexity index is 782. The molecule has 1 unspecified atom stereocenters. The van der Waals surface area contributed by atoms with E-state index in [9.17, 15) is 4.39 Å². The third-order valence-corrected chi connectivity index (χ3v) is 3.81. The minimum absolute atomic E-state index is 0.128. The summed E-state index contributed by atoms with van der Waals surface area (Å²) in [6, 6.07) is 9.63. The van der Waals surface area contributed by atoms with E-state index in [1.807, 2.05) is 30.3 Å². The molecular formula is C14H11ClFN5. The van der Waals surface area contributed by atoms with Gasteiger partial charge in [0.05, 0.1) is 12.2 Å². The first-order valence-electron chi connectivity index (χ1n) is 6.57. The van der Waals surface area contributed by atoms with E-state index in [4.69, 9.17) is 11.6 Å². The maximum atomic E-state index is 14.2. The van der Waals surface area contributed by atoms with Crippen LogP contribution in [0.3, 0.4) is 0 Å². The number of aromatic nitrogens is 5. The molecule has 0 radical (unpaired) electrons. The first-order valence-corrected chi connectivity index (χ1v) is 6.95. The molecule has 3 heterocycles. The predicted molar refractivity (Wildman–Crippen MR) is 75.2 cm³/mol. The van der Waals surface area contributed by atoms with Crippen molar-refractivity contribution in [3.8, 4) is 5.95 Å². The SMILES string of the molecule is FC1C[C@@H](c2ccccc2)n2nc(-n3cnc(Cl)c3)nc21. The van der Waals surface area contributed by atoms with Gasteiger partial charge >= 0.3 is 0 Å². The number of halogens is 2. The molecular weight excluding hydrogens is 293 g/mol. The van der Waals surface area contributed by atoms with E-state index in [1.165, 1.54) is 6.33 Å². The largest absolute Gasteiger partial charge is 0.272 e. The summed E-state index contributed by atoms with van der Waals surface area (Å²) in [4.78, 5) is 8.19. The van der Waals surface area contributed by atoms with Crippen LogP contribution in [0, 0.1) is 0 Å². The summed E-state index contributed by atoms with van der Waals surface area (Å²) in [5.74, 6) is 0.733. The van der Waals surface area contributed by atoms with Gasteiger partial charge in [0.2, 0.25) is 0 Å². The smallest absolute Gasteiger partial charge is 0.254 e. The zero-order valence-corrected chi connectivity index (χ0v) is 11.7. The highest BCUT2D eigenvalue weighted by Gasteiger charge is 2.35. The minimum atomic E-state index is -1.12. The van der Waals surface area contributed by atoms with Crippen molar-refractivity contribution >= 4 is 11.6 Å². The fourth-order valence-corrected chi connectivity index (χ4v) is 2.79. The highest BCUT2D eigenvalue weighted by Crippen LogP contribution is 2.39. The van der Waals surface area contributed by atoms with Crippen molar-refractivity contribution in [1.29, 1.82) is 0 Å². The van der Waals surface area contributed by atoms with Crippen LogP contribution in [0.1, 0.15) is 30.0 Å². The van der Waals surface area contributed by atoms with Crippen LogP contribution in [-0.2, 0) is 0 Å². The van der Waals surface area contributed by atoms with Gasteiger partial charge in [-0.05, 0) is 5.56 Å². The van der Waals surface area contributed by atoms with Crippen LogP contribution >= 0.6 is 11.6 Å². The summed E-state index contributed by atoms with van der Waals surface area (Å²) in [6.07, 6.45) is 2.36. The van der Waals surface area contributed by atoms with Crippen LogP contribution in [-0.4, -0.2) is 24.3 Å². The van der Waals surface area contributed by atoms with E-state index in [0.717, 1.165) is 5.56 Å². The number of fused-ring (bicyclic) bond motifs is 1. The van der Waals surface area contributed by atoms with Gasteiger partial charge in [0.1, 0.15) is 11.5 Å². The van der Waals surface area contributed by atoms with Crippen LogP contribution in [0.25, 0.3) is 5.95 Å². The van der Waals surface area contributed by atoms with E-state index in [-0.39, 0.29) is 6.04 Å². The van der Waals surface area contributed by atoms with E-state index in [0.29, 0.717) is 23.3 Å². The zero-order valence-electron chi connectivity index (χ0n) is 10.9. The Labute approximate surface area is 125 Å². The molecule has 2 aromatic heterocycles. The lowest BCUT2D eigenvalue weighted by molar-refractivity contribution is 0.328. The third-order valence-electron chi connectivity index (χ3n) is 3.62. The maximum Gasteiger partial charge on any atom is 0.254 e. The van der Waals surface area contributed by atoms with Crippen molar-refractivity contribution in [2.45, 2.75) is 18.6 Å².